The molecule has 126 valence electrons. The van der Waals surface area contributed by atoms with Crippen molar-refractivity contribution in [3.8, 4) is 29.4 Å². The molecule has 0 fully saturated rings. The third-order valence-corrected chi connectivity index (χ3v) is 3.67. The van der Waals surface area contributed by atoms with Crippen LogP contribution in [0.5, 0.6) is 5.75 Å². The molecule has 0 aromatic heterocycles. The van der Waals surface area contributed by atoms with E-state index in [2.05, 4.69) is 39.6 Å². The lowest BCUT2D eigenvalue weighted by Crippen LogP contribution is -2.04. The molecule has 0 aliphatic carbocycles. The summed E-state index contributed by atoms with van der Waals surface area (Å²) < 4.78 is 9.95. The predicted molar refractivity (Wildman–Crippen MR) is 102 cm³/mol. The maximum absolute atomic E-state index is 11.8. The van der Waals surface area contributed by atoms with Gasteiger partial charge in [-0.2, -0.15) is 0 Å². The van der Waals surface area contributed by atoms with Crippen molar-refractivity contribution in [3.63, 3.8) is 0 Å². The molecule has 0 saturated carbocycles. The highest BCUT2D eigenvalue weighted by molar-refractivity contribution is 9.09. The fourth-order valence-electron chi connectivity index (χ4n) is 2.09. The van der Waals surface area contributed by atoms with Crippen molar-refractivity contribution in [2.45, 2.75) is 6.42 Å². The molecule has 3 nitrogen and oxygen atoms in total. The molecule has 0 aliphatic rings. The van der Waals surface area contributed by atoms with Crippen molar-refractivity contribution in [1.82, 2.24) is 0 Å². The Morgan fingerprint density at radius 1 is 1.00 bits per heavy atom. The van der Waals surface area contributed by atoms with E-state index in [4.69, 9.17) is 9.47 Å². The molecule has 0 amide bonds. The number of alkyl halides is 1. The molecular formula is C21H17BrO3. The second-order valence-corrected chi connectivity index (χ2v) is 5.77. The zero-order chi connectivity index (χ0) is 18.1. The second-order valence-electron chi connectivity index (χ2n) is 4.98. The first-order valence-corrected chi connectivity index (χ1v) is 8.73. The molecule has 2 aromatic rings. The molecule has 2 aromatic carbocycles. The minimum Gasteiger partial charge on any atom is -0.496 e. The van der Waals surface area contributed by atoms with Gasteiger partial charge in [0.2, 0.25) is 0 Å². The van der Waals surface area contributed by atoms with E-state index in [-0.39, 0.29) is 0 Å². The number of rotatable bonds is 3. The van der Waals surface area contributed by atoms with Gasteiger partial charge in [0.05, 0.1) is 14.2 Å². The number of ether oxygens (including phenoxy) is 2. The van der Waals surface area contributed by atoms with Crippen LogP contribution in [0.15, 0.2) is 42.5 Å². The van der Waals surface area contributed by atoms with E-state index in [0.29, 0.717) is 16.9 Å². The summed E-state index contributed by atoms with van der Waals surface area (Å²) in [6.07, 6.45) is 0.804. The second kappa shape index (κ2) is 9.57. The molecule has 2 rings (SSSR count). The minimum atomic E-state index is -0.454. The van der Waals surface area contributed by atoms with Crippen LogP contribution in [-0.2, 0) is 4.74 Å². The van der Waals surface area contributed by atoms with Crippen LogP contribution >= 0.6 is 15.9 Å². The van der Waals surface area contributed by atoms with Gasteiger partial charge in [-0.1, -0.05) is 45.7 Å². The first kappa shape index (κ1) is 18.6. The quantitative estimate of drug-likeness (QED) is 0.446. The lowest BCUT2D eigenvalue weighted by molar-refractivity contribution is 0.0597. The van der Waals surface area contributed by atoms with Crippen molar-refractivity contribution < 1.29 is 14.3 Å². The first-order valence-electron chi connectivity index (χ1n) is 7.61. The van der Waals surface area contributed by atoms with Crippen molar-refractivity contribution in [3.05, 3.63) is 64.7 Å². The number of benzene rings is 2. The van der Waals surface area contributed by atoms with Gasteiger partial charge >= 0.3 is 5.97 Å². The zero-order valence-corrected chi connectivity index (χ0v) is 15.6. The maximum Gasteiger partial charge on any atom is 0.341 e. The SMILES string of the molecule is COC(=O)c1cc(C#Cc2cccc(C#CCCBr)c2)ccc1OC. The third kappa shape index (κ3) is 5.41. The van der Waals surface area contributed by atoms with Crippen molar-refractivity contribution in [2.75, 3.05) is 19.5 Å². The molecule has 25 heavy (non-hydrogen) atoms. The molecule has 0 radical (unpaired) electrons. The lowest BCUT2D eigenvalue weighted by atomic mass is 10.1. The summed E-state index contributed by atoms with van der Waals surface area (Å²) in [5.74, 6) is 12.3. The minimum absolute atomic E-state index is 0.353. The molecule has 0 saturated heterocycles. The van der Waals surface area contributed by atoms with E-state index in [1.54, 1.807) is 18.2 Å². The Bertz CT molecular complexity index is 879. The predicted octanol–water partition coefficient (Wildman–Crippen LogP) is 4.02. The molecule has 0 unspecified atom stereocenters. The highest BCUT2D eigenvalue weighted by Gasteiger charge is 2.12. The van der Waals surface area contributed by atoms with E-state index in [9.17, 15) is 4.79 Å². The summed E-state index contributed by atoms with van der Waals surface area (Å²) in [5.41, 5.74) is 2.85. The van der Waals surface area contributed by atoms with E-state index in [1.165, 1.54) is 14.2 Å². The number of hydrogen-bond donors (Lipinski definition) is 0. The van der Waals surface area contributed by atoms with Crippen LogP contribution in [0.3, 0.4) is 0 Å². The standard InChI is InChI=1S/C21H17BrO3/c1-24-20-12-11-18(15-19(20)21(23)25-2)10-9-17-8-5-7-16(14-17)6-3-4-13-22/h5,7-8,11-12,14-15H,4,13H2,1-2H3. The summed E-state index contributed by atoms with van der Waals surface area (Å²) in [6, 6.07) is 12.9. The summed E-state index contributed by atoms with van der Waals surface area (Å²) in [5, 5.41) is 0.861. The molecule has 0 spiro atoms. The molecule has 0 heterocycles. The average molecular weight is 397 g/mol. The van der Waals surface area contributed by atoms with Crippen molar-refractivity contribution in [2.24, 2.45) is 0 Å². The monoisotopic (exact) mass is 396 g/mol. The largest absolute Gasteiger partial charge is 0.496 e. The van der Waals surface area contributed by atoms with Crippen LogP contribution in [-0.4, -0.2) is 25.5 Å². The Hall–Kier alpha value is -2.69. The van der Waals surface area contributed by atoms with Gasteiger partial charge in [-0.3, -0.25) is 0 Å². The first-order chi connectivity index (χ1) is 12.2. The van der Waals surface area contributed by atoms with Gasteiger partial charge in [-0.25, -0.2) is 4.79 Å². The van der Waals surface area contributed by atoms with E-state index in [1.807, 2.05) is 24.3 Å². The highest BCUT2D eigenvalue weighted by atomic mass is 79.9. The number of halogens is 1. The van der Waals surface area contributed by atoms with Gasteiger partial charge < -0.3 is 9.47 Å². The summed E-state index contributed by atoms with van der Waals surface area (Å²) in [4.78, 5) is 11.8. The normalized spacial score (nSPS) is 9.24. The van der Waals surface area contributed by atoms with Crippen molar-refractivity contribution in [1.29, 1.82) is 0 Å². The van der Waals surface area contributed by atoms with Crippen molar-refractivity contribution >= 4 is 21.9 Å². The summed E-state index contributed by atoms with van der Waals surface area (Å²) >= 11 is 3.35. The van der Waals surface area contributed by atoms with Crippen LogP contribution in [0.25, 0.3) is 0 Å². The van der Waals surface area contributed by atoms with E-state index in [0.717, 1.165) is 22.9 Å². The van der Waals surface area contributed by atoms with Crippen LogP contribution in [0.4, 0.5) is 0 Å². The Morgan fingerprint density at radius 3 is 2.32 bits per heavy atom. The van der Waals surface area contributed by atoms with Gasteiger partial charge in [0, 0.05) is 28.4 Å². The van der Waals surface area contributed by atoms with Gasteiger partial charge in [0.1, 0.15) is 11.3 Å². The molecule has 0 N–H and O–H groups in total. The molecule has 0 atom stereocenters. The Kier molecular flexibility index (Phi) is 7.14. The number of methoxy groups -OCH3 is 2. The fraction of sp³-hybridized carbons (Fsp3) is 0.190. The van der Waals surface area contributed by atoms with Crippen LogP contribution in [0.2, 0.25) is 0 Å². The van der Waals surface area contributed by atoms with Gasteiger partial charge in [0.15, 0.2) is 0 Å². The topological polar surface area (TPSA) is 35.5 Å². The Morgan fingerprint density at radius 2 is 1.68 bits per heavy atom. The van der Waals surface area contributed by atoms with E-state index < -0.39 is 5.97 Å². The Labute approximate surface area is 156 Å². The van der Waals surface area contributed by atoms with Crippen LogP contribution in [0.1, 0.15) is 33.5 Å². The fourth-order valence-corrected chi connectivity index (χ4v) is 2.28. The molecule has 0 bridgehead atoms. The smallest absolute Gasteiger partial charge is 0.341 e. The third-order valence-electron chi connectivity index (χ3n) is 3.27. The maximum atomic E-state index is 11.8. The number of carbonyl (C=O) groups excluding carboxylic acids is 1. The van der Waals surface area contributed by atoms with E-state index >= 15 is 0 Å². The number of hydrogen-bond acceptors (Lipinski definition) is 3. The van der Waals surface area contributed by atoms with Crippen LogP contribution in [0, 0.1) is 23.7 Å². The van der Waals surface area contributed by atoms with Gasteiger partial charge in [0.25, 0.3) is 0 Å². The van der Waals surface area contributed by atoms with Crippen LogP contribution < -0.4 is 4.74 Å². The summed E-state index contributed by atoms with van der Waals surface area (Å²) in [7, 11) is 2.84. The molecule has 0 aliphatic heterocycles. The Balaban J connectivity index is 2.28. The van der Waals surface area contributed by atoms with Gasteiger partial charge in [-0.05, 0) is 36.4 Å². The number of esters is 1. The summed E-state index contributed by atoms with van der Waals surface area (Å²) in [6.45, 7) is 0. The number of carbonyl (C=O) groups is 1. The molecule has 4 heteroatoms. The highest BCUT2D eigenvalue weighted by Crippen LogP contribution is 2.20. The lowest BCUT2D eigenvalue weighted by Gasteiger charge is -2.06. The zero-order valence-electron chi connectivity index (χ0n) is 14.1. The van der Waals surface area contributed by atoms with Gasteiger partial charge in [-0.15, -0.1) is 0 Å². The molecular weight excluding hydrogens is 380 g/mol. The average Bonchev–Trinajstić information content (AvgIpc) is 2.66.